The summed E-state index contributed by atoms with van der Waals surface area (Å²) in [5.74, 6) is 1.19. The third kappa shape index (κ3) is 2.13. The fourth-order valence-electron chi connectivity index (χ4n) is 1.84. The molecule has 0 bridgehead atoms. The van der Waals surface area contributed by atoms with Gasteiger partial charge in [-0.1, -0.05) is 30.3 Å². The van der Waals surface area contributed by atoms with Gasteiger partial charge in [-0.3, -0.25) is 5.10 Å². The summed E-state index contributed by atoms with van der Waals surface area (Å²) in [4.78, 5) is 4.37. The normalized spacial score (nSPS) is 10.5. The first-order chi connectivity index (χ1) is 9.24. The number of H-pyrrole nitrogens is 1. The van der Waals surface area contributed by atoms with E-state index < -0.39 is 0 Å². The molecule has 0 fully saturated rings. The molecule has 0 saturated carbocycles. The van der Waals surface area contributed by atoms with Crippen molar-refractivity contribution in [3.05, 3.63) is 48.5 Å². The number of benzene rings is 2. The fourth-order valence-corrected chi connectivity index (χ4v) is 1.84. The van der Waals surface area contributed by atoms with Crippen molar-refractivity contribution >= 4 is 5.69 Å². The number of nitrogens with zero attached hydrogens (tertiary/aromatic N) is 2. The van der Waals surface area contributed by atoms with Crippen LogP contribution < -0.4 is 5.73 Å². The number of aromatic amines is 1. The first kappa shape index (κ1) is 11.3. The van der Waals surface area contributed by atoms with Gasteiger partial charge >= 0.3 is 0 Å². The van der Waals surface area contributed by atoms with Crippen molar-refractivity contribution in [2.75, 3.05) is 5.73 Å². The summed E-state index contributed by atoms with van der Waals surface area (Å²) in [6, 6.07) is 14.4. The van der Waals surface area contributed by atoms with Crippen LogP contribution in [0.5, 0.6) is 5.75 Å². The predicted molar refractivity (Wildman–Crippen MR) is 73.3 cm³/mol. The highest BCUT2D eigenvalue weighted by atomic mass is 16.3. The number of anilines is 1. The van der Waals surface area contributed by atoms with Crippen LogP contribution in [0.2, 0.25) is 0 Å². The third-order valence-corrected chi connectivity index (χ3v) is 2.79. The van der Waals surface area contributed by atoms with Gasteiger partial charge < -0.3 is 10.8 Å². The molecule has 5 nitrogen and oxygen atoms in total. The Morgan fingerprint density at radius 3 is 2.63 bits per heavy atom. The van der Waals surface area contributed by atoms with Crippen LogP contribution >= 0.6 is 0 Å². The summed E-state index contributed by atoms with van der Waals surface area (Å²) in [6.07, 6.45) is 0. The minimum Gasteiger partial charge on any atom is -0.507 e. The van der Waals surface area contributed by atoms with Gasteiger partial charge in [-0.25, -0.2) is 4.98 Å². The summed E-state index contributed by atoms with van der Waals surface area (Å²) in [7, 11) is 0. The van der Waals surface area contributed by atoms with Gasteiger partial charge in [0.2, 0.25) is 0 Å². The molecule has 0 saturated heterocycles. The average Bonchev–Trinajstić information content (AvgIpc) is 2.92. The Morgan fingerprint density at radius 1 is 1.05 bits per heavy atom. The summed E-state index contributed by atoms with van der Waals surface area (Å²) in [5, 5.41) is 16.8. The van der Waals surface area contributed by atoms with Crippen LogP contribution in [0.1, 0.15) is 0 Å². The second-order valence-corrected chi connectivity index (χ2v) is 4.15. The summed E-state index contributed by atoms with van der Waals surface area (Å²) in [5.41, 5.74) is 7.72. The minimum atomic E-state index is 0.116. The zero-order valence-electron chi connectivity index (χ0n) is 10.0. The van der Waals surface area contributed by atoms with Crippen LogP contribution in [-0.4, -0.2) is 20.3 Å². The topological polar surface area (TPSA) is 87.8 Å². The van der Waals surface area contributed by atoms with E-state index in [2.05, 4.69) is 15.2 Å². The van der Waals surface area contributed by atoms with E-state index in [1.54, 1.807) is 12.1 Å². The quantitative estimate of drug-likeness (QED) is 0.483. The summed E-state index contributed by atoms with van der Waals surface area (Å²) < 4.78 is 0. The molecule has 2 aromatic carbocycles. The van der Waals surface area contributed by atoms with Crippen molar-refractivity contribution in [3.8, 4) is 28.5 Å². The standard InChI is InChI=1S/C14H12N4O/c15-10-6-7-12(19)11(8-10)14-16-13(17-18-14)9-4-2-1-3-5-9/h1-8,19H,15H2,(H,16,17,18). The van der Waals surface area contributed by atoms with Crippen LogP contribution in [-0.2, 0) is 0 Å². The molecule has 0 aliphatic carbocycles. The second-order valence-electron chi connectivity index (χ2n) is 4.15. The molecule has 94 valence electrons. The maximum atomic E-state index is 9.82. The number of phenolic OH excluding ortho intramolecular Hbond substituents is 1. The van der Waals surface area contributed by atoms with Gasteiger partial charge in [0.05, 0.1) is 5.56 Å². The number of aromatic nitrogens is 3. The molecule has 1 aromatic heterocycles. The van der Waals surface area contributed by atoms with Crippen LogP contribution in [0.15, 0.2) is 48.5 Å². The van der Waals surface area contributed by atoms with Gasteiger partial charge in [0.1, 0.15) is 5.75 Å². The number of rotatable bonds is 2. The van der Waals surface area contributed by atoms with Gasteiger partial charge in [-0.2, -0.15) is 5.10 Å². The van der Waals surface area contributed by atoms with E-state index in [9.17, 15) is 5.11 Å². The highest BCUT2D eigenvalue weighted by Gasteiger charge is 2.11. The van der Waals surface area contributed by atoms with E-state index in [0.29, 0.717) is 22.9 Å². The van der Waals surface area contributed by atoms with E-state index in [1.165, 1.54) is 6.07 Å². The second kappa shape index (κ2) is 4.45. The Kier molecular flexibility index (Phi) is 2.64. The third-order valence-electron chi connectivity index (χ3n) is 2.79. The maximum Gasteiger partial charge on any atom is 0.181 e. The number of nitrogens with two attached hydrogens (primary N) is 1. The molecule has 0 aliphatic heterocycles. The van der Waals surface area contributed by atoms with Gasteiger partial charge in [0.15, 0.2) is 11.6 Å². The minimum absolute atomic E-state index is 0.116. The zero-order valence-corrected chi connectivity index (χ0v) is 10.0. The monoisotopic (exact) mass is 252 g/mol. The molecule has 0 aliphatic rings. The van der Waals surface area contributed by atoms with E-state index >= 15 is 0 Å². The number of hydrogen-bond acceptors (Lipinski definition) is 4. The molecule has 0 spiro atoms. The average molecular weight is 252 g/mol. The number of nitrogen functional groups attached to an aromatic ring is 1. The highest BCUT2D eigenvalue weighted by Crippen LogP contribution is 2.29. The Morgan fingerprint density at radius 2 is 1.84 bits per heavy atom. The smallest absolute Gasteiger partial charge is 0.181 e. The largest absolute Gasteiger partial charge is 0.507 e. The summed E-state index contributed by atoms with van der Waals surface area (Å²) >= 11 is 0. The molecule has 3 aromatic rings. The molecule has 3 rings (SSSR count). The molecular weight excluding hydrogens is 240 g/mol. The zero-order chi connectivity index (χ0) is 13.2. The van der Waals surface area contributed by atoms with Crippen molar-refractivity contribution in [1.29, 1.82) is 0 Å². The van der Waals surface area contributed by atoms with Crippen molar-refractivity contribution in [3.63, 3.8) is 0 Å². The van der Waals surface area contributed by atoms with Gasteiger partial charge in [0, 0.05) is 11.3 Å². The molecule has 0 atom stereocenters. The van der Waals surface area contributed by atoms with E-state index in [-0.39, 0.29) is 5.75 Å². The van der Waals surface area contributed by atoms with Crippen molar-refractivity contribution in [2.24, 2.45) is 0 Å². The maximum absolute atomic E-state index is 9.82. The predicted octanol–water partition coefficient (Wildman–Crippen LogP) is 2.43. The Labute approximate surface area is 109 Å². The first-order valence-corrected chi connectivity index (χ1v) is 5.81. The van der Waals surface area contributed by atoms with Crippen LogP contribution in [0, 0.1) is 0 Å². The van der Waals surface area contributed by atoms with E-state index in [4.69, 9.17) is 5.73 Å². The molecule has 19 heavy (non-hydrogen) atoms. The summed E-state index contributed by atoms with van der Waals surface area (Å²) in [6.45, 7) is 0. The molecule has 0 amide bonds. The number of nitrogens with one attached hydrogen (secondary N) is 1. The van der Waals surface area contributed by atoms with E-state index in [1.807, 2.05) is 30.3 Å². The van der Waals surface area contributed by atoms with E-state index in [0.717, 1.165) is 5.56 Å². The first-order valence-electron chi connectivity index (χ1n) is 5.81. The SMILES string of the molecule is Nc1ccc(O)c(-c2nc(-c3ccccc3)n[nH]2)c1. The Balaban J connectivity index is 2.04. The molecule has 1 heterocycles. The van der Waals surface area contributed by atoms with Crippen molar-refractivity contribution < 1.29 is 5.11 Å². The number of aromatic hydroxyl groups is 1. The van der Waals surface area contributed by atoms with Crippen molar-refractivity contribution in [2.45, 2.75) is 0 Å². The molecule has 4 N–H and O–H groups in total. The fraction of sp³-hybridized carbons (Fsp3) is 0. The van der Waals surface area contributed by atoms with Crippen LogP contribution in [0.25, 0.3) is 22.8 Å². The van der Waals surface area contributed by atoms with Gasteiger partial charge in [-0.15, -0.1) is 0 Å². The Bertz CT molecular complexity index is 706. The van der Waals surface area contributed by atoms with Gasteiger partial charge in [0.25, 0.3) is 0 Å². The van der Waals surface area contributed by atoms with Crippen LogP contribution in [0.3, 0.4) is 0 Å². The number of hydrogen-bond donors (Lipinski definition) is 3. The molecule has 0 unspecified atom stereocenters. The lowest BCUT2D eigenvalue weighted by atomic mass is 10.1. The molecule has 0 radical (unpaired) electrons. The number of phenols is 1. The van der Waals surface area contributed by atoms with Crippen LogP contribution in [0.4, 0.5) is 5.69 Å². The van der Waals surface area contributed by atoms with Crippen molar-refractivity contribution in [1.82, 2.24) is 15.2 Å². The Hall–Kier alpha value is -2.82. The highest BCUT2D eigenvalue weighted by molar-refractivity contribution is 5.69. The molecular formula is C14H12N4O. The lowest BCUT2D eigenvalue weighted by Crippen LogP contribution is -1.87. The lowest BCUT2D eigenvalue weighted by molar-refractivity contribution is 0.477. The molecule has 5 heteroatoms. The lowest BCUT2D eigenvalue weighted by Gasteiger charge is -2.01. The van der Waals surface area contributed by atoms with Gasteiger partial charge in [-0.05, 0) is 18.2 Å².